The number of carboxylic acid groups (broad SMARTS) is 1. The molecule has 0 bridgehead atoms. The summed E-state index contributed by atoms with van der Waals surface area (Å²) in [6, 6.07) is 0. The number of carbonyl (C=O) groups excluding carboxylic acids is 1. The lowest BCUT2D eigenvalue weighted by Crippen LogP contribution is -2.33. The molecule has 4 nitrogen and oxygen atoms in total. The molecule has 2 aliphatic heterocycles. The molecule has 2 heterocycles. The summed E-state index contributed by atoms with van der Waals surface area (Å²) in [5.41, 5.74) is 0. The molecule has 6 heteroatoms. The van der Waals surface area contributed by atoms with Gasteiger partial charge in [-0.3, -0.25) is 9.59 Å². The molecule has 0 aliphatic carbocycles. The molecule has 0 saturated carbocycles. The summed E-state index contributed by atoms with van der Waals surface area (Å²) in [7, 11) is 0. The van der Waals surface area contributed by atoms with E-state index in [0.29, 0.717) is 31.2 Å². The van der Waals surface area contributed by atoms with E-state index in [1.165, 1.54) is 5.75 Å². The summed E-state index contributed by atoms with van der Waals surface area (Å²) in [6.07, 6.45) is 1.18. The Kier molecular flexibility index (Phi) is 4.62. The normalized spacial score (nSPS) is 29.3. The summed E-state index contributed by atoms with van der Waals surface area (Å²) >= 11 is 3.78. The van der Waals surface area contributed by atoms with E-state index in [0.717, 1.165) is 11.5 Å². The molecule has 0 spiro atoms. The molecular formula is C11H17NO3S2. The predicted octanol–water partition coefficient (Wildman–Crippen LogP) is 1.16. The van der Waals surface area contributed by atoms with Crippen molar-refractivity contribution in [3.63, 3.8) is 0 Å². The third kappa shape index (κ3) is 3.55. The van der Waals surface area contributed by atoms with Crippen molar-refractivity contribution in [1.82, 2.24) is 4.90 Å². The van der Waals surface area contributed by atoms with Crippen molar-refractivity contribution in [2.45, 2.75) is 18.1 Å². The summed E-state index contributed by atoms with van der Waals surface area (Å²) in [5.74, 6) is 2.36. The van der Waals surface area contributed by atoms with Crippen molar-refractivity contribution < 1.29 is 14.7 Å². The van der Waals surface area contributed by atoms with E-state index in [4.69, 9.17) is 5.11 Å². The van der Waals surface area contributed by atoms with Crippen LogP contribution in [0.15, 0.2) is 0 Å². The monoisotopic (exact) mass is 275 g/mol. The maximum absolute atomic E-state index is 12.0. The van der Waals surface area contributed by atoms with Crippen LogP contribution >= 0.6 is 23.5 Å². The van der Waals surface area contributed by atoms with Crippen LogP contribution in [0.2, 0.25) is 0 Å². The lowest BCUT2D eigenvalue weighted by Gasteiger charge is -2.23. The predicted molar refractivity (Wildman–Crippen MR) is 70.5 cm³/mol. The molecule has 0 aromatic rings. The largest absolute Gasteiger partial charge is 0.481 e. The van der Waals surface area contributed by atoms with Crippen LogP contribution in [0.25, 0.3) is 0 Å². The second-order valence-electron chi connectivity index (χ2n) is 4.44. The van der Waals surface area contributed by atoms with Gasteiger partial charge in [-0.15, -0.1) is 0 Å². The number of hydrogen-bond donors (Lipinski definition) is 1. The SMILES string of the molecule is O=C(O)C1CCN(C(=O)CC2CSCCS2)C1. The quantitative estimate of drug-likeness (QED) is 0.837. The number of amides is 1. The van der Waals surface area contributed by atoms with Crippen LogP contribution in [0.5, 0.6) is 0 Å². The van der Waals surface area contributed by atoms with Crippen molar-refractivity contribution in [3.8, 4) is 0 Å². The lowest BCUT2D eigenvalue weighted by molar-refractivity contribution is -0.141. The summed E-state index contributed by atoms with van der Waals surface area (Å²) < 4.78 is 0. The third-order valence-electron chi connectivity index (χ3n) is 3.18. The van der Waals surface area contributed by atoms with E-state index < -0.39 is 5.97 Å². The highest BCUT2D eigenvalue weighted by molar-refractivity contribution is 8.06. The molecule has 2 unspecified atom stereocenters. The topological polar surface area (TPSA) is 57.6 Å². The number of carbonyl (C=O) groups is 2. The van der Waals surface area contributed by atoms with Gasteiger partial charge in [0, 0.05) is 42.0 Å². The molecule has 2 saturated heterocycles. The Morgan fingerprint density at radius 3 is 2.76 bits per heavy atom. The Morgan fingerprint density at radius 2 is 2.18 bits per heavy atom. The number of carboxylic acids is 1. The van der Waals surface area contributed by atoms with Gasteiger partial charge in [0.1, 0.15) is 0 Å². The van der Waals surface area contributed by atoms with Crippen LogP contribution < -0.4 is 0 Å². The average Bonchev–Trinajstić information content (AvgIpc) is 2.79. The van der Waals surface area contributed by atoms with E-state index >= 15 is 0 Å². The molecule has 0 aromatic carbocycles. The van der Waals surface area contributed by atoms with E-state index in [1.807, 2.05) is 23.5 Å². The molecule has 1 N–H and O–H groups in total. The molecule has 96 valence electrons. The summed E-state index contributed by atoms with van der Waals surface area (Å²) in [6.45, 7) is 1.01. The zero-order chi connectivity index (χ0) is 12.3. The van der Waals surface area contributed by atoms with Crippen LogP contribution in [0.3, 0.4) is 0 Å². The molecule has 1 amide bonds. The number of hydrogen-bond acceptors (Lipinski definition) is 4. The molecule has 17 heavy (non-hydrogen) atoms. The first-order chi connectivity index (χ1) is 8.16. The van der Waals surface area contributed by atoms with Crippen LogP contribution in [0, 0.1) is 5.92 Å². The second-order valence-corrected chi connectivity index (χ2v) is 6.99. The first-order valence-electron chi connectivity index (χ1n) is 5.86. The van der Waals surface area contributed by atoms with E-state index in [1.54, 1.807) is 4.90 Å². The fraction of sp³-hybridized carbons (Fsp3) is 0.818. The highest BCUT2D eigenvalue weighted by Crippen LogP contribution is 2.27. The smallest absolute Gasteiger partial charge is 0.308 e. The van der Waals surface area contributed by atoms with Crippen molar-refractivity contribution >= 4 is 35.4 Å². The van der Waals surface area contributed by atoms with Gasteiger partial charge in [-0.1, -0.05) is 0 Å². The maximum Gasteiger partial charge on any atom is 0.308 e. The van der Waals surface area contributed by atoms with Gasteiger partial charge in [0.2, 0.25) is 5.91 Å². The van der Waals surface area contributed by atoms with Crippen molar-refractivity contribution in [3.05, 3.63) is 0 Å². The van der Waals surface area contributed by atoms with Crippen LogP contribution in [-0.2, 0) is 9.59 Å². The Labute approximate surface area is 110 Å². The zero-order valence-electron chi connectivity index (χ0n) is 9.63. The minimum Gasteiger partial charge on any atom is -0.481 e. The van der Waals surface area contributed by atoms with E-state index in [-0.39, 0.29) is 11.8 Å². The number of aliphatic carboxylic acids is 1. The van der Waals surface area contributed by atoms with Gasteiger partial charge in [0.05, 0.1) is 5.92 Å². The molecule has 2 fully saturated rings. The van der Waals surface area contributed by atoms with Gasteiger partial charge in [-0.05, 0) is 6.42 Å². The molecule has 2 aliphatic rings. The zero-order valence-corrected chi connectivity index (χ0v) is 11.3. The van der Waals surface area contributed by atoms with Crippen LogP contribution in [0.1, 0.15) is 12.8 Å². The van der Waals surface area contributed by atoms with Gasteiger partial charge in [0.15, 0.2) is 0 Å². The maximum atomic E-state index is 12.0. The van der Waals surface area contributed by atoms with Gasteiger partial charge in [0.25, 0.3) is 0 Å². The minimum absolute atomic E-state index is 0.133. The third-order valence-corrected chi connectivity index (χ3v) is 6.02. The number of nitrogens with zero attached hydrogens (tertiary/aromatic N) is 1. The van der Waals surface area contributed by atoms with Gasteiger partial charge >= 0.3 is 5.97 Å². The van der Waals surface area contributed by atoms with Crippen molar-refractivity contribution in [2.75, 3.05) is 30.3 Å². The summed E-state index contributed by atoms with van der Waals surface area (Å²) in [5, 5.41) is 9.31. The molecule has 2 rings (SSSR count). The van der Waals surface area contributed by atoms with E-state index in [9.17, 15) is 9.59 Å². The van der Waals surface area contributed by atoms with Crippen LogP contribution in [-0.4, -0.2) is 57.5 Å². The Hall–Kier alpha value is -0.360. The minimum atomic E-state index is -0.775. The Balaban J connectivity index is 1.78. The lowest BCUT2D eigenvalue weighted by atomic mass is 10.1. The fourth-order valence-corrected chi connectivity index (χ4v) is 4.84. The van der Waals surface area contributed by atoms with E-state index in [2.05, 4.69) is 0 Å². The number of rotatable bonds is 3. The standard InChI is InChI=1S/C11H17NO3S2/c13-10(5-9-7-16-3-4-17-9)12-2-1-8(6-12)11(14)15/h8-9H,1-7H2,(H,14,15). The Morgan fingerprint density at radius 1 is 1.35 bits per heavy atom. The summed E-state index contributed by atoms with van der Waals surface area (Å²) in [4.78, 5) is 24.5. The number of likely N-dealkylation sites (tertiary alicyclic amines) is 1. The highest BCUT2D eigenvalue weighted by atomic mass is 32.2. The molecule has 0 radical (unpaired) electrons. The van der Waals surface area contributed by atoms with Crippen molar-refractivity contribution in [2.24, 2.45) is 5.92 Å². The Bertz CT molecular complexity index is 305. The fourth-order valence-electron chi connectivity index (χ4n) is 2.17. The average molecular weight is 275 g/mol. The van der Waals surface area contributed by atoms with Crippen LogP contribution in [0.4, 0.5) is 0 Å². The first-order valence-corrected chi connectivity index (χ1v) is 8.07. The second kappa shape index (κ2) is 6.00. The van der Waals surface area contributed by atoms with Gasteiger partial charge in [-0.2, -0.15) is 23.5 Å². The van der Waals surface area contributed by atoms with Crippen molar-refractivity contribution in [1.29, 1.82) is 0 Å². The van der Waals surface area contributed by atoms with Gasteiger partial charge in [-0.25, -0.2) is 0 Å². The molecule has 2 atom stereocenters. The highest BCUT2D eigenvalue weighted by Gasteiger charge is 2.31. The van der Waals surface area contributed by atoms with Gasteiger partial charge < -0.3 is 10.0 Å². The molecular weight excluding hydrogens is 258 g/mol. The first kappa shape index (κ1) is 13.1. The molecule has 0 aromatic heterocycles. The number of thioether (sulfide) groups is 2.